The van der Waals surface area contributed by atoms with E-state index >= 15 is 0 Å². The van der Waals surface area contributed by atoms with Crippen molar-refractivity contribution < 1.29 is 4.79 Å². The molecule has 7 nitrogen and oxygen atoms in total. The third kappa shape index (κ3) is 3.27. The number of nitrogens with zero attached hydrogens (tertiary/aromatic N) is 4. The van der Waals surface area contributed by atoms with Gasteiger partial charge in [0.15, 0.2) is 5.69 Å². The highest BCUT2D eigenvalue weighted by molar-refractivity contribution is 5.92. The van der Waals surface area contributed by atoms with Crippen molar-refractivity contribution in [3.63, 3.8) is 0 Å². The van der Waals surface area contributed by atoms with Gasteiger partial charge in [0, 0.05) is 39.0 Å². The Labute approximate surface area is 111 Å². The summed E-state index contributed by atoms with van der Waals surface area (Å²) >= 11 is 0. The monoisotopic (exact) mass is 260 g/mol. The molecule has 0 aliphatic rings. The summed E-state index contributed by atoms with van der Waals surface area (Å²) in [5.41, 5.74) is 1.38. The lowest BCUT2D eigenvalue weighted by atomic mass is 10.3. The zero-order chi connectivity index (χ0) is 13.7. The molecule has 0 aliphatic carbocycles. The van der Waals surface area contributed by atoms with Gasteiger partial charge in [-0.3, -0.25) is 9.48 Å². The van der Waals surface area contributed by atoms with Crippen molar-refractivity contribution in [1.82, 2.24) is 25.3 Å². The Morgan fingerprint density at radius 1 is 1.32 bits per heavy atom. The van der Waals surface area contributed by atoms with Gasteiger partial charge in [-0.2, -0.15) is 5.10 Å². The van der Waals surface area contributed by atoms with Crippen LogP contribution in [0.2, 0.25) is 0 Å². The molecule has 2 N–H and O–H groups in total. The Kier molecular flexibility index (Phi) is 4.07. The summed E-state index contributed by atoms with van der Waals surface area (Å²) in [7, 11) is 3.62. The Morgan fingerprint density at radius 2 is 2.16 bits per heavy atom. The van der Waals surface area contributed by atoms with E-state index < -0.39 is 0 Å². The standard InChI is InChI=1S/C12H16N6O/c1-13-11-4-3-10(16-17-11)12(19)14-7-5-9-6-8-15-18(9)2/h3-4,6,8H,5,7H2,1-2H3,(H,13,17)(H,14,19). The van der Waals surface area contributed by atoms with Crippen LogP contribution in [0, 0.1) is 0 Å². The number of aromatic nitrogens is 4. The van der Waals surface area contributed by atoms with Gasteiger partial charge in [-0.15, -0.1) is 10.2 Å². The number of aryl methyl sites for hydroxylation is 1. The van der Waals surface area contributed by atoms with Crippen molar-refractivity contribution in [3.8, 4) is 0 Å². The molecule has 100 valence electrons. The highest BCUT2D eigenvalue weighted by atomic mass is 16.1. The number of anilines is 1. The average molecular weight is 260 g/mol. The van der Waals surface area contributed by atoms with Gasteiger partial charge in [0.25, 0.3) is 5.91 Å². The molecule has 2 aromatic heterocycles. The van der Waals surface area contributed by atoms with E-state index in [1.54, 1.807) is 30.1 Å². The first-order valence-electron chi connectivity index (χ1n) is 5.97. The molecule has 0 spiro atoms. The maximum atomic E-state index is 11.8. The van der Waals surface area contributed by atoms with Gasteiger partial charge in [0.2, 0.25) is 0 Å². The number of nitrogens with one attached hydrogen (secondary N) is 2. The Hall–Kier alpha value is -2.44. The second kappa shape index (κ2) is 5.94. The molecular formula is C12H16N6O. The van der Waals surface area contributed by atoms with Crippen molar-refractivity contribution >= 4 is 11.7 Å². The topological polar surface area (TPSA) is 84.7 Å². The van der Waals surface area contributed by atoms with Crippen molar-refractivity contribution in [2.45, 2.75) is 6.42 Å². The average Bonchev–Trinajstić information content (AvgIpc) is 2.84. The van der Waals surface area contributed by atoms with E-state index in [9.17, 15) is 4.79 Å². The lowest BCUT2D eigenvalue weighted by molar-refractivity contribution is 0.0948. The van der Waals surface area contributed by atoms with Crippen LogP contribution < -0.4 is 10.6 Å². The molecule has 1 amide bonds. The first-order chi connectivity index (χ1) is 9.20. The first kappa shape index (κ1) is 13.0. The second-order valence-corrected chi connectivity index (χ2v) is 4.01. The molecule has 0 saturated carbocycles. The fourth-order valence-electron chi connectivity index (χ4n) is 1.63. The number of carbonyl (C=O) groups is 1. The van der Waals surface area contributed by atoms with Gasteiger partial charge in [0.1, 0.15) is 5.82 Å². The fourth-order valence-corrected chi connectivity index (χ4v) is 1.63. The van der Waals surface area contributed by atoms with Gasteiger partial charge in [-0.25, -0.2) is 0 Å². The van der Waals surface area contributed by atoms with Crippen LogP contribution in [0.15, 0.2) is 24.4 Å². The molecule has 0 atom stereocenters. The lowest BCUT2D eigenvalue weighted by Crippen LogP contribution is -2.27. The summed E-state index contributed by atoms with van der Waals surface area (Å²) in [5, 5.41) is 17.4. The van der Waals surface area contributed by atoms with E-state index in [0.717, 1.165) is 12.1 Å². The van der Waals surface area contributed by atoms with Crippen molar-refractivity contribution in [3.05, 3.63) is 35.8 Å². The Bertz CT molecular complexity index is 548. The van der Waals surface area contributed by atoms with Crippen LogP contribution in [0.25, 0.3) is 0 Å². The molecule has 19 heavy (non-hydrogen) atoms. The summed E-state index contributed by atoms with van der Waals surface area (Å²) in [5.74, 6) is 0.406. The number of amides is 1. The third-order valence-electron chi connectivity index (χ3n) is 2.74. The van der Waals surface area contributed by atoms with Crippen LogP contribution in [0.5, 0.6) is 0 Å². The Morgan fingerprint density at radius 3 is 2.74 bits per heavy atom. The quantitative estimate of drug-likeness (QED) is 0.803. The third-order valence-corrected chi connectivity index (χ3v) is 2.74. The molecule has 0 radical (unpaired) electrons. The number of rotatable bonds is 5. The van der Waals surface area contributed by atoms with Crippen LogP contribution in [0.1, 0.15) is 16.2 Å². The Balaban J connectivity index is 1.85. The zero-order valence-electron chi connectivity index (χ0n) is 10.9. The summed E-state index contributed by atoms with van der Waals surface area (Å²) < 4.78 is 1.79. The molecule has 2 rings (SSSR count). The maximum absolute atomic E-state index is 11.8. The molecule has 0 fully saturated rings. The fraction of sp³-hybridized carbons (Fsp3) is 0.333. The van der Waals surface area contributed by atoms with E-state index in [1.807, 2.05) is 13.1 Å². The number of hydrogen-bond donors (Lipinski definition) is 2. The van der Waals surface area contributed by atoms with E-state index in [1.165, 1.54) is 0 Å². The van der Waals surface area contributed by atoms with Crippen molar-refractivity contribution in [2.24, 2.45) is 7.05 Å². The van der Waals surface area contributed by atoms with Gasteiger partial charge in [0.05, 0.1) is 0 Å². The SMILES string of the molecule is CNc1ccc(C(=O)NCCc2ccnn2C)nn1. The van der Waals surface area contributed by atoms with E-state index in [2.05, 4.69) is 25.9 Å². The van der Waals surface area contributed by atoms with E-state index in [4.69, 9.17) is 0 Å². The highest BCUT2D eigenvalue weighted by Gasteiger charge is 2.07. The van der Waals surface area contributed by atoms with Crippen LogP contribution in [0.4, 0.5) is 5.82 Å². The molecule has 2 aromatic rings. The van der Waals surface area contributed by atoms with E-state index in [-0.39, 0.29) is 5.91 Å². The van der Waals surface area contributed by atoms with Crippen molar-refractivity contribution in [2.75, 3.05) is 18.9 Å². The van der Waals surface area contributed by atoms with Gasteiger partial charge >= 0.3 is 0 Å². The minimum absolute atomic E-state index is 0.225. The second-order valence-electron chi connectivity index (χ2n) is 4.01. The lowest BCUT2D eigenvalue weighted by Gasteiger charge is -2.05. The van der Waals surface area contributed by atoms with E-state index in [0.29, 0.717) is 18.1 Å². The summed E-state index contributed by atoms with van der Waals surface area (Å²) in [6, 6.07) is 5.27. The van der Waals surface area contributed by atoms with Crippen molar-refractivity contribution in [1.29, 1.82) is 0 Å². The van der Waals surface area contributed by atoms with Gasteiger partial charge in [-0.1, -0.05) is 0 Å². The molecule has 0 aromatic carbocycles. The van der Waals surface area contributed by atoms with Gasteiger partial charge < -0.3 is 10.6 Å². The molecule has 0 bridgehead atoms. The summed E-state index contributed by atoms with van der Waals surface area (Å²) in [6.45, 7) is 0.536. The molecule has 7 heteroatoms. The number of hydrogen-bond acceptors (Lipinski definition) is 5. The number of carbonyl (C=O) groups excluding carboxylic acids is 1. The normalized spacial score (nSPS) is 10.2. The minimum Gasteiger partial charge on any atom is -0.372 e. The predicted molar refractivity (Wildman–Crippen MR) is 70.8 cm³/mol. The first-order valence-corrected chi connectivity index (χ1v) is 5.97. The molecule has 0 saturated heterocycles. The van der Waals surface area contributed by atoms with Gasteiger partial charge in [-0.05, 0) is 18.2 Å². The largest absolute Gasteiger partial charge is 0.372 e. The predicted octanol–water partition coefficient (Wildman–Crippen LogP) is 0.224. The molecular weight excluding hydrogens is 244 g/mol. The summed E-state index contributed by atoms with van der Waals surface area (Å²) in [4.78, 5) is 11.8. The summed E-state index contributed by atoms with van der Waals surface area (Å²) in [6.07, 6.45) is 2.46. The highest BCUT2D eigenvalue weighted by Crippen LogP contribution is 2.01. The molecule has 0 unspecified atom stereocenters. The zero-order valence-corrected chi connectivity index (χ0v) is 10.9. The minimum atomic E-state index is -0.225. The van der Waals surface area contributed by atoms with Crippen LogP contribution >= 0.6 is 0 Å². The molecule has 2 heterocycles. The van der Waals surface area contributed by atoms with Crippen LogP contribution in [-0.2, 0) is 13.5 Å². The van der Waals surface area contributed by atoms with Crippen LogP contribution in [0.3, 0.4) is 0 Å². The van der Waals surface area contributed by atoms with Crippen LogP contribution in [-0.4, -0.2) is 39.5 Å². The maximum Gasteiger partial charge on any atom is 0.271 e. The molecule has 0 aliphatic heterocycles. The smallest absolute Gasteiger partial charge is 0.271 e.